The van der Waals surface area contributed by atoms with E-state index in [0.29, 0.717) is 19.0 Å². The van der Waals surface area contributed by atoms with Crippen LogP contribution in [0.25, 0.3) is 0 Å². The molecule has 1 aromatic heterocycles. The molecular weight excluding hydrogens is 282 g/mol. The summed E-state index contributed by atoms with van der Waals surface area (Å²) in [6.07, 6.45) is 1.00. The highest BCUT2D eigenvalue weighted by Crippen LogP contribution is 2.08. The number of nitrogens with zero attached hydrogens (tertiary/aromatic N) is 1. The molecule has 0 aliphatic carbocycles. The second-order valence-corrected chi connectivity index (χ2v) is 6.62. The first-order valence-electron chi connectivity index (χ1n) is 7.51. The van der Waals surface area contributed by atoms with Crippen molar-refractivity contribution in [3.8, 4) is 5.75 Å². The van der Waals surface area contributed by atoms with E-state index < -0.39 is 11.7 Å². The minimum absolute atomic E-state index is 0.100. The lowest BCUT2D eigenvalue weighted by Gasteiger charge is -2.24. The molecule has 124 valence electrons. The lowest BCUT2D eigenvalue weighted by molar-refractivity contribution is 0.0519. The average molecular weight is 309 g/mol. The van der Waals surface area contributed by atoms with Crippen LogP contribution in [0.15, 0.2) is 18.3 Å². The SMILES string of the molecule is CC(C)C(CNC(=O)OC(C)(C)C)NCc1ccc(O)cn1. The number of amides is 1. The Hall–Kier alpha value is -1.82. The molecule has 1 unspecified atom stereocenters. The first-order chi connectivity index (χ1) is 10.2. The van der Waals surface area contributed by atoms with Crippen molar-refractivity contribution in [2.45, 2.75) is 52.8 Å². The van der Waals surface area contributed by atoms with Gasteiger partial charge in [0.15, 0.2) is 0 Å². The van der Waals surface area contributed by atoms with Gasteiger partial charge in [-0.05, 0) is 38.8 Å². The number of hydrogen-bond acceptors (Lipinski definition) is 5. The predicted molar refractivity (Wildman–Crippen MR) is 85.6 cm³/mol. The van der Waals surface area contributed by atoms with Gasteiger partial charge in [-0.1, -0.05) is 13.8 Å². The van der Waals surface area contributed by atoms with Crippen molar-refractivity contribution in [3.05, 3.63) is 24.0 Å². The second-order valence-electron chi connectivity index (χ2n) is 6.62. The maximum Gasteiger partial charge on any atom is 0.407 e. The normalized spacial score (nSPS) is 13.0. The summed E-state index contributed by atoms with van der Waals surface area (Å²) in [5.41, 5.74) is 0.335. The highest BCUT2D eigenvalue weighted by Gasteiger charge is 2.18. The van der Waals surface area contributed by atoms with E-state index in [1.807, 2.05) is 20.8 Å². The molecule has 1 amide bonds. The molecule has 0 bridgehead atoms. The lowest BCUT2D eigenvalue weighted by Crippen LogP contribution is -2.45. The molecule has 0 aromatic carbocycles. The number of ether oxygens (including phenoxy) is 1. The number of nitrogens with one attached hydrogen (secondary N) is 2. The van der Waals surface area contributed by atoms with Crippen molar-refractivity contribution >= 4 is 6.09 Å². The van der Waals surface area contributed by atoms with Crippen molar-refractivity contribution in [3.63, 3.8) is 0 Å². The van der Waals surface area contributed by atoms with Crippen LogP contribution >= 0.6 is 0 Å². The zero-order chi connectivity index (χ0) is 16.8. The van der Waals surface area contributed by atoms with Crippen LogP contribution in [0.4, 0.5) is 4.79 Å². The Morgan fingerprint density at radius 2 is 2.05 bits per heavy atom. The smallest absolute Gasteiger partial charge is 0.407 e. The number of aromatic hydroxyl groups is 1. The quantitative estimate of drug-likeness (QED) is 0.751. The summed E-state index contributed by atoms with van der Waals surface area (Å²) in [6.45, 7) is 10.7. The van der Waals surface area contributed by atoms with Crippen LogP contribution in [-0.2, 0) is 11.3 Å². The molecule has 1 atom stereocenters. The van der Waals surface area contributed by atoms with Gasteiger partial charge in [0.1, 0.15) is 11.4 Å². The summed E-state index contributed by atoms with van der Waals surface area (Å²) in [4.78, 5) is 15.8. The fraction of sp³-hybridized carbons (Fsp3) is 0.625. The second kappa shape index (κ2) is 7.98. The molecule has 0 saturated carbocycles. The average Bonchev–Trinajstić information content (AvgIpc) is 2.38. The summed E-state index contributed by atoms with van der Waals surface area (Å²) in [7, 11) is 0. The number of carbonyl (C=O) groups is 1. The number of carbonyl (C=O) groups excluding carboxylic acids is 1. The van der Waals surface area contributed by atoms with Crippen LogP contribution in [0.1, 0.15) is 40.3 Å². The molecule has 6 nitrogen and oxygen atoms in total. The van der Waals surface area contributed by atoms with E-state index in [1.165, 1.54) is 6.20 Å². The largest absolute Gasteiger partial charge is 0.506 e. The number of aromatic nitrogens is 1. The Kier molecular flexibility index (Phi) is 6.61. The van der Waals surface area contributed by atoms with Gasteiger partial charge < -0.3 is 20.5 Å². The molecule has 22 heavy (non-hydrogen) atoms. The van der Waals surface area contributed by atoms with E-state index in [1.54, 1.807) is 12.1 Å². The van der Waals surface area contributed by atoms with Crippen LogP contribution in [0.5, 0.6) is 5.75 Å². The van der Waals surface area contributed by atoms with E-state index >= 15 is 0 Å². The molecule has 0 radical (unpaired) electrons. The number of rotatable bonds is 6. The van der Waals surface area contributed by atoms with Crippen LogP contribution in [0.3, 0.4) is 0 Å². The van der Waals surface area contributed by atoms with Gasteiger partial charge in [-0.25, -0.2) is 4.79 Å². The summed E-state index contributed by atoms with van der Waals surface area (Å²) >= 11 is 0. The summed E-state index contributed by atoms with van der Waals surface area (Å²) in [6, 6.07) is 3.47. The van der Waals surface area contributed by atoms with Gasteiger partial charge in [0, 0.05) is 19.1 Å². The Morgan fingerprint density at radius 1 is 1.36 bits per heavy atom. The molecular formula is C16H27N3O3. The molecule has 0 fully saturated rings. The molecule has 0 aliphatic rings. The zero-order valence-corrected chi connectivity index (χ0v) is 14.0. The number of hydrogen-bond donors (Lipinski definition) is 3. The molecule has 1 rings (SSSR count). The lowest BCUT2D eigenvalue weighted by atomic mass is 10.0. The monoisotopic (exact) mass is 309 g/mol. The van der Waals surface area contributed by atoms with Crippen LogP contribution < -0.4 is 10.6 Å². The number of alkyl carbamates (subject to hydrolysis) is 1. The third-order valence-electron chi connectivity index (χ3n) is 3.02. The first-order valence-corrected chi connectivity index (χ1v) is 7.51. The fourth-order valence-electron chi connectivity index (χ4n) is 1.81. The van der Waals surface area contributed by atoms with E-state index in [-0.39, 0.29) is 11.8 Å². The predicted octanol–water partition coefficient (Wildman–Crippen LogP) is 2.43. The van der Waals surface area contributed by atoms with Crippen molar-refractivity contribution in [2.75, 3.05) is 6.54 Å². The minimum atomic E-state index is -0.499. The molecule has 0 spiro atoms. The third kappa shape index (κ3) is 7.26. The van der Waals surface area contributed by atoms with Crippen molar-refractivity contribution < 1.29 is 14.6 Å². The summed E-state index contributed by atoms with van der Waals surface area (Å²) in [5.74, 6) is 0.489. The fourth-order valence-corrected chi connectivity index (χ4v) is 1.81. The Morgan fingerprint density at radius 3 is 2.55 bits per heavy atom. The van der Waals surface area contributed by atoms with Crippen molar-refractivity contribution in [2.24, 2.45) is 5.92 Å². The molecule has 3 N–H and O–H groups in total. The Bertz CT molecular complexity index is 467. The van der Waals surface area contributed by atoms with Crippen LogP contribution in [-0.4, -0.2) is 34.4 Å². The summed E-state index contributed by atoms with van der Waals surface area (Å²) in [5, 5.41) is 15.4. The maximum absolute atomic E-state index is 11.7. The van der Waals surface area contributed by atoms with Gasteiger partial charge >= 0.3 is 6.09 Å². The zero-order valence-electron chi connectivity index (χ0n) is 14.0. The molecule has 0 aliphatic heterocycles. The van der Waals surface area contributed by atoms with E-state index in [2.05, 4.69) is 29.5 Å². The van der Waals surface area contributed by atoms with E-state index in [4.69, 9.17) is 4.74 Å². The van der Waals surface area contributed by atoms with E-state index in [0.717, 1.165) is 5.69 Å². The van der Waals surface area contributed by atoms with Crippen molar-refractivity contribution in [1.29, 1.82) is 0 Å². The standard InChI is InChI=1S/C16H27N3O3/c1-11(2)14(10-19-15(21)22-16(3,4)5)18-8-12-6-7-13(20)9-17-12/h6-7,9,11,14,18,20H,8,10H2,1-5H3,(H,19,21). The highest BCUT2D eigenvalue weighted by atomic mass is 16.6. The van der Waals surface area contributed by atoms with E-state index in [9.17, 15) is 9.90 Å². The molecule has 1 heterocycles. The van der Waals surface area contributed by atoms with Gasteiger partial charge in [-0.15, -0.1) is 0 Å². The van der Waals surface area contributed by atoms with Crippen LogP contribution in [0.2, 0.25) is 0 Å². The third-order valence-corrected chi connectivity index (χ3v) is 3.02. The van der Waals surface area contributed by atoms with Crippen LogP contribution in [0, 0.1) is 5.92 Å². The molecule has 6 heteroatoms. The first kappa shape index (κ1) is 18.2. The minimum Gasteiger partial charge on any atom is -0.506 e. The maximum atomic E-state index is 11.7. The van der Waals surface area contributed by atoms with Gasteiger partial charge in [0.05, 0.1) is 11.9 Å². The van der Waals surface area contributed by atoms with Crippen molar-refractivity contribution in [1.82, 2.24) is 15.6 Å². The number of pyridine rings is 1. The summed E-state index contributed by atoms with van der Waals surface area (Å²) < 4.78 is 5.23. The highest BCUT2D eigenvalue weighted by molar-refractivity contribution is 5.67. The molecule has 0 saturated heterocycles. The van der Waals surface area contributed by atoms with Gasteiger partial charge in [-0.2, -0.15) is 0 Å². The molecule has 1 aromatic rings. The van der Waals surface area contributed by atoms with Gasteiger partial charge in [-0.3, -0.25) is 4.98 Å². The van der Waals surface area contributed by atoms with Gasteiger partial charge in [0.25, 0.3) is 0 Å². The Balaban J connectivity index is 2.45. The Labute approximate surface area is 132 Å². The topological polar surface area (TPSA) is 83.5 Å². The van der Waals surface area contributed by atoms with Gasteiger partial charge in [0.2, 0.25) is 0 Å².